The van der Waals surface area contributed by atoms with E-state index in [-0.39, 0.29) is 5.91 Å². The number of primary amides is 1. The largest absolute Gasteiger partial charge is 0.368 e. The standard InChI is InChI=1S/C14H27N3O/c1-10(2)17(8-11-4-5-11)9-14(16-3,13(15)18)12-6-7-12/h10-12,16H,4-9H2,1-3H3,(H2,15,18). The Morgan fingerprint density at radius 3 is 2.33 bits per heavy atom. The van der Waals surface area contributed by atoms with Gasteiger partial charge in [-0.15, -0.1) is 0 Å². The first kappa shape index (κ1) is 13.8. The Labute approximate surface area is 110 Å². The molecule has 1 amide bonds. The van der Waals surface area contributed by atoms with Crippen LogP contribution in [0.2, 0.25) is 0 Å². The summed E-state index contributed by atoms with van der Waals surface area (Å²) in [4.78, 5) is 14.4. The van der Waals surface area contributed by atoms with Crippen molar-refractivity contribution in [3.63, 3.8) is 0 Å². The molecule has 2 aliphatic carbocycles. The Balaban J connectivity index is 2.06. The molecule has 3 N–H and O–H groups in total. The van der Waals surface area contributed by atoms with Crippen LogP contribution in [0.3, 0.4) is 0 Å². The van der Waals surface area contributed by atoms with Crippen LogP contribution >= 0.6 is 0 Å². The number of nitrogens with zero attached hydrogens (tertiary/aromatic N) is 1. The van der Waals surface area contributed by atoms with Crippen LogP contribution in [0.4, 0.5) is 0 Å². The molecule has 104 valence electrons. The number of hydrogen-bond donors (Lipinski definition) is 2. The van der Waals surface area contributed by atoms with Crippen molar-refractivity contribution in [3.8, 4) is 0 Å². The third kappa shape index (κ3) is 2.86. The Kier molecular flexibility index (Phi) is 3.97. The maximum Gasteiger partial charge on any atom is 0.239 e. The predicted octanol–water partition coefficient (Wildman–Crippen LogP) is 0.960. The van der Waals surface area contributed by atoms with E-state index in [0.29, 0.717) is 12.0 Å². The lowest BCUT2D eigenvalue weighted by Crippen LogP contribution is -2.63. The molecule has 1 unspecified atom stereocenters. The second-order valence-corrected chi connectivity index (χ2v) is 6.33. The summed E-state index contributed by atoms with van der Waals surface area (Å²) in [5.41, 5.74) is 5.18. The van der Waals surface area contributed by atoms with E-state index in [1.54, 1.807) is 0 Å². The van der Waals surface area contributed by atoms with Crippen molar-refractivity contribution >= 4 is 5.91 Å². The van der Waals surface area contributed by atoms with Crippen molar-refractivity contribution in [3.05, 3.63) is 0 Å². The number of hydrogen-bond acceptors (Lipinski definition) is 3. The van der Waals surface area contributed by atoms with Crippen molar-refractivity contribution in [1.29, 1.82) is 0 Å². The predicted molar refractivity (Wildman–Crippen MR) is 73.1 cm³/mol. The normalized spacial score (nSPS) is 23.4. The highest BCUT2D eigenvalue weighted by atomic mass is 16.1. The molecule has 0 saturated heterocycles. The van der Waals surface area contributed by atoms with E-state index in [4.69, 9.17) is 5.73 Å². The molecule has 2 rings (SSSR count). The average Bonchev–Trinajstić information content (AvgIpc) is 3.14. The summed E-state index contributed by atoms with van der Waals surface area (Å²) in [5, 5.41) is 3.24. The van der Waals surface area contributed by atoms with Crippen LogP contribution in [-0.4, -0.2) is 42.5 Å². The third-order valence-electron chi connectivity index (χ3n) is 4.53. The minimum atomic E-state index is -0.515. The van der Waals surface area contributed by atoms with Crippen molar-refractivity contribution in [2.45, 2.75) is 51.1 Å². The molecule has 4 nitrogen and oxygen atoms in total. The number of rotatable bonds is 8. The molecule has 0 heterocycles. The van der Waals surface area contributed by atoms with Crippen molar-refractivity contribution < 1.29 is 4.79 Å². The highest BCUT2D eigenvalue weighted by molar-refractivity contribution is 5.86. The first-order chi connectivity index (χ1) is 8.49. The van der Waals surface area contributed by atoms with Gasteiger partial charge in [0.05, 0.1) is 0 Å². The quantitative estimate of drug-likeness (QED) is 0.677. The van der Waals surface area contributed by atoms with Crippen molar-refractivity contribution in [2.24, 2.45) is 17.6 Å². The van der Waals surface area contributed by atoms with Crippen LogP contribution in [0.15, 0.2) is 0 Å². The average molecular weight is 253 g/mol. The van der Waals surface area contributed by atoms with Gasteiger partial charge in [-0.05, 0) is 58.4 Å². The second kappa shape index (κ2) is 5.17. The van der Waals surface area contributed by atoms with Gasteiger partial charge in [0.15, 0.2) is 0 Å². The van der Waals surface area contributed by atoms with Gasteiger partial charge in [0, 0.05) is 19.1 Å². The van der Waals surface area contributed by atoms with Crippen molar-refractivity contribution in [1.82, 2.24) is 10.2 Å². The minimum absolute atomic E-state index is 0.186. The Bertz CT molecular complexity index is 310. The smallest absolute Gasteiger partial charge is 0.239 e. The summed E-state index contributed by atoms with van der Waals surface area (Å²) in [7, 11) is 1.87. The summed E-state index contributed by atoms with van der Waals surface area (Å²) in [6, 6.07) is 0.469. The van der Waals surface area contributed by atoms with Crippen LogP contribution < -0.4 is 11.1 Å². The van der Waals surface area contributed by atoms with Crippen LogP contribution in [0.1, 0.15) is 39.5 Å². The van der Waals surface area contributed by atoms with Gasteiger partial charge in [0.2, 0.25) is 5.91 Å². The highest BCUT2D eigenvalue weighted by Gasteiger charge is 2.50. The van der Waals surface area contributed by atoms with E-state index in [0.717, 1.165) is 31.8 Å². The lowest BCUT2D eigenvalue weighted by Gasteiger charge is -2.38. The van der Waals surface area contributed by atoms with Gasteiger partial charge in [-0.1, -0.05) is 0 Å². The summed E-state index contributed by atoms with van der Waals surface area (Å²) in [6.45, 7) is 6.28. The molecule has 2 aliphatic rings. The molecule has 18 heavy (non-hydrogen) atoms. The van der Waals surface area contributed by atoms with Gasteiger partial charge in [-0.2, -0.15) is 0 Å². The van der Waals surface area contributed by atoms with E-state index in [1.807, 2.05) is 7.05 Å². The zero-order chi connectivity index (χ0) is 13.3. The van der Waals surface area contributed by atoms with E-state index < -0.39 is 5.54 Å². The number of likely N-dealkylation sites (N-methyl/N-ethyl adjacent to an activating group) is 1. The first-order valence-electron chi connectivity index (χ1n) is 7.22. The monoisotopic (exact) mass is 253 g/mol. The minimum Gasteiger partial charge on any atom is -0.368 e. The van der Waals surface area contributed by atoms with Gasteiger partial charge in [-0.3, -0.25) is 9.69 Å². The molecule has 2 saturated carbocycles. The number of nitrogens with two attached hydrogens (primary N) is 1. The zero-order valence-electron chi connectivity index (χ0n) is 11.9. The zero-order valence-corrected chi connectivity index (χ0v) is 11.9. The maximum atomic E-state index is 11.9. The highest BCUT2D eigenvalue weighted by Crippen LogP contribution is 2.41. The number of amides is 1. The van der Waals surface area contributed by atoms with Gasteiger partial charge >= 0.3 is 0 Å². The molecule has 0 aliphatic heterocycles. The summed E-state index contributed by atoms with van der Waals surface area (Å²) < 4.78 is 0. The van der Waals surface area contributed by atoms with Crippen LogP contribution in [0.5, 0.6) is 0 Å². The molecular weight excluding hydrogens is 226 g/mol. The van der Waals surface area contributed by atoms with E-state index in [1.165, 1.54) is 12.8 Å². The van der Waals surface area contributed by atoms with Crippen molar-refractivity contribution in [2.75, 3.05) is 20.1 Å². The van der Waals surface area contributed by atoms with Crippen LogP contribution in [0, 0.1) is 11.8 Å². The fourth-order valence-electron chi connectivity index (χ4n) is 2.80. The maximum absolute atomic E-state index is 11.9. The van der Waals surface area contributed by atoms with Crippen LogP contribution in [-0.2, 0) is 4.79 Å². The molecule has 0 bridgehead atoms. The summed E-state index contributed by atoms with van der Waals surface area (Å²) >= 11 is 0. The fraction of sp³-hybridized carbons (Fsp3) is 0.929. The van der Waals surface area contributed by atoms with Gasteiger partial charge in [-0.25, -0.2) is 0 Å². The van der Waals surface area contributed by atoms with E-state index in [9.17, 15) is 4.79 Å². The molecule has 0 aromatic carbocycles. The van der Waals surface area contributed by atoms with E-state index in [2.05, 4.69) is 24.1 Å². The van der Waals surface area contributed by atoms with Gasteiger partial charge in [0.1, 0.15) is 5.54 Å². The lowest BCUT2D eigenvalue weighted by atomic mass is 9.91. The van der Waals surface area contributed by atoms with Gasteiger partial charge < -0.3 is 11.1 Å². The molecule has 4 heteroatoms. The Morgan fingerprint density at radius 1 is 1.39 bits per heavy atom. The molecule has 0 radical (unpaired) electrons. The Morgan fingerprint density at radius 2 is 2.00 bits per heavy atom. The molecule has 2 fully saturated rings. The number of nitrogens with one attached hydrogen (secondary N) is 1. The van der Waals surface area contributed by atoms with Gasteiger partial charge in [0.25, 0.3) is 0 Å². The fourth-order valence-corrected chi connectivity index (χ4v) is 2.80. The number of carbonyl (C=O) groups excluding carboxylic acids is 1. The summed E-state index contributed by atoms with van der Waals surface area (Å²) in [5.74, 6) is 1.09. The number of carbonyl (C=O) groups is 1. The molecule has 0 aromatic heterocycles. The molecule has 0 aromatic rings. The van der Waals surface area contributed by atoms with E-state index >= 15 is 0 Å². The first-order valence-corrected chi connectivity index (χ1v) is 7.22. The SMILES string of the molecule is CNC(CN(CC1CC1)C(C)C)(C(N)=O)C1CC1. The Hall–Kier alpha value is -0.610. The molecule has 0 spiro atoms. The summed E-state index contributed by atoms with van der Waals surface area (Å²) in [6.07, 6.45) is 4.93. The van der Waals surface area contributed by atoms with Crippen LogP contribution in [0.25, 0.3) is 0 Å². The molecular formula is C14H27N3O. The lowest BCUT2D eigenvalue weighted by molar-refractivity contribution is -0.126. The third-order valence-corrected chi connectivity index (χ3v) is 4.53. The molecule has 1 atom stereocenters. The second-order valence-electron chi connectivity index (χ2n) is 6.33. The topological polar surface area (TPSA) is 58.4 Å².